The Morgan fingerprint density at radius 1 is 1.15 bits per heavy atom. The molecule has 0 amide bonds. The number of fused-ring (bicyclic) bond motifs is 3. The van der Waals surface area contributed by atoms with Gasteiger partial charge in [0.25, 0.3) is 0 Å². The molecule has 9 heteroatoms. The number of hydrogen-bond donors (Lipinski definition) is 1. The summed E-state index contributed by atoms with van der Waals surface area (Å²) in [6.07, 6.45) is 4.32. The zero-order valence-corrected chi connectivity index (χ0v) is 20.7. The first-order valence-corrected chi connectivity index (χ1v) is 12.2. The van der Waals surface area contributed by atoms with Crippen LogP contribution in [0.3, 0.4) is 0 Å². The van der Waals surface area contributed by atoms with Crippen LogP contribution in [0.1, 0.15) is 58.2 Å². The molecule has 3 aromatic heterocycles. The minimum atomic E-state index is -0.148. The van der Waals surface area contributed by atoms with Crippen LogP contribution in [0.25, 0.3) is 5.00 Å². The van der Waals surface area contributed by atoms with Crippen LogP contribution in [0.5, 0.6) is 0 Å². The maximum atomic E-state index is 9.03. The highest BCUT2D eigenvalue weighted by Gasteiger charge is 2.29. The fraction of sp³-hybridized carbons (Fsp3) is 0.280. The minimum Gasteiger partial charge on any atom is -0.396 e. The highest BCUT2D eigenvalue weighted by atomic mass is 35.5. The highest BCUT2D eigenvalue weighted by molar-refractivity contribution is 7.15. The van der Waals surface area contributed by atoms with E-state index >= 15 is 0 Å². The van der Waals surface area contributed by atoms with Crippen molar-refractivity contribution in [3.63, 3.8) is 0 Å². The first-order chi connectivity index (χ1) is 16.5. The molecule has 1 aliphatic heterocycles. The lowest BCUT2D eigenvalue weighted by molar-refractivity contribution is 0.277. The molecule has 0 radical (unpaired) electrons. The summed E-state index contributed by atoms with van der Waals surface area (Å²) < 4.78 is 3.90. The second kappa shape index (κ2) is 9.18. The Labute approximate surface area is 206 Å². The van der Waals surface area contributed by atoms with Gasteiger partial charge in [-0.15, -0.1) is 21.5 Å². The summed E-state index contributed by atoms with van der Waals surface area (Å²) >= 11 is 7.78. The van der Waals surface area contributed by atoms with Crippen molar-refractivity contribution in [1.82, 2.24) is 24.5 Å². The molecule has 7 nitrogen and oxygen atoms in total. The Balaban J connectivity index is 1.63. The molecule has 1 aliphatic rings. The van der Waals surface area contributed by atoms with Crippen LogP contribution >= 0.6 is 22.9 Å². The second-order valence-electron chi connectivity index (χ2n) is 8.16. The van der Waals surface area contributed by atoms with Crippen LogP contribution in [0.2, 0.25) is 5.02 Å². The molecule has 1 atom stereocenters. The Bertz CT molecular complexity index is 1450. The zero-order chi connectivity index (χ0) is 23.8. The number of halogens is 1. The largest absolute Gasteiger partial charge is 0.396 e. The smallest absolute Gasteiger partial charge is 0.162 e. The topological polar surface area (TPSA) is 81.1 Å². The van der Waals surface area contributed by atoms with Gasteiger partial charge >= 0.3 is 0 Å². The standard InChI is InChI=1S/C25H23ClN6OS/c1-15-21(10-5-18-13-27-31(14-18)11-4-12-33)34-25-22(15)23(19-6-8-20(26)9-7-19)28-16(2)24-30-29-17(3)32(24)25/h6-9,13-14,16,33H,4,11-12H2,1-3H3/t16-/m0/s1. The molecule has 0 spiro atoms. The van der Waals surface area contributed by atoms with Gasteiger partial charge in [-0.05, 0) is 44.9 Å². The molecular formula is C25H23ClN6OS. The average Bonchev–Trinajstić information content (AvgIpc) is 3.50. The summed E-state index contributed by atoms with van der Waals surface area (Å²) in [5, 5.41) is 23.8. The molecule has 0 aliphatic carbocycles. The van der Waals surface area contributed by atoms with Crippen molar-refractivity contribution in [2.75, 3.05) is 6.61 Å². The highest BCUT2D eigenvalue weighted by Crippen LogP contribution is 2.38. The molecule has 5 rings (SSSR count). The number of hydrogen-bond acceptors (Lipinski definition) is 6. The fourth-order valence-corrected chi connectivity index (χ4v) is 5.35. The molecule has 4 aromatic rings. The van der Waals surface area contributed by atoms with Crippen LogP contribution in [0, 0.1) is 25.7 Å². The summed E-state index contributed by atoms with van der Waals surface area (Å²) in [6.45, 7) is 6.89. The van der Waals surface area contributed by atoms with E-state index in [-0.39, 0.29) is 12.6 Å². The van der Waals surface area contributed by atoms with Crippen LogP contribution < -0.4 is 0 Å². The average molecular weight is 491 g/mol. The number of aryl methyl sites for hydroxylation is 2. The van der Waals surface area contributed by atoms with E-state index in [9.17, 15) is 0 Å². The number of aliphatic hydroxyl groups is 1. The van der Waals surface area contributed by atoms with E-state index in [2.05, 4.69) is 38.6 Å². The van der Waals surface area contributed by atoms with Gasteiger partial charge in [-0.1, -0.05) is 35.6 Å². The normalized spacial score (nSPS) is 14.6. The number of benzene rings is 1. The Morgan fingerprint density at radius 2 is 1.94 bits per heavy atom. The van der Waals surface area contributed by atoms with Crippen molar-refractivity contribution >= 4 is 28.6 Å². The van der Waals surface area contributed by atoms with E-state index in [1.54, 1.807) is 22.2 Å². The molecule has 0 fully saturated rings. The molecule has 4 heterocycles. The predicted octanol–water partition coefficient (Wildman–Crippen LogP) is 4.49. The van der Waals surface area contributed by atoms with Crippen molar-refractivity contribution in [3.8, 4) is 16.8 Å². The van der Waals surface area contributed by atoms with Crippen LogP contribution in [0.15, 0.2) is 41.7 Å². The predicted molar refractivity (Wildman–Crippen MR) is 134 cm³/mol. The molecule has 0 saturated carbocycles. The maximum Gasteiger partial charge on any atom is 0.162 e. The summed E-state index contributed by atoms with van der Waals surface area (Å²) in [5.74, 6) is 8.22. The first-order valence-electron chi connectivity index (χ1n) is 11.0. The number of aliphatic hydroxyl groups excluding tert-OH is 1. The quantitative estimate of drug-likeness (QED) is 0.427. The lowest BCUT2D eigenvalue weighted by Gasteiger charge is -2.09. The molecule has 0 bridgehead atoms. The number of aromatic nitrogens is 5. The van der Waals surface area contributed by atoms with E-state index < -0.39 is 0 Å². The van der Waals surface area contributed by atoms with Crippen LogP contribution in [-0.4, -0.2) is 42.0 Å². The molecule has 172 valence electrons. The number of aliphatic imine (C=N–C) groups is 1. The third-order valence-electron chi connectivity index (χ3n) is 5.73. The third-order valence-corrected chi connectivity index (χ3v) is 7.18. The van der Waals surface area contributed by atoms with E-state index in [0.717, 1.165) is 49.5 Å². The van der Waals surface area contributed by atoms with Gasteiger partial charge < -0.3 is 5.11 Å². The summed E-state index contributed by atoms with van der Waals surface area (Å²) in [7, 11) is 0. The van der Waals surface area contributed by atoms with Crippen molar-refractivity contribution in [2.24, 2.45) is 4.99 Å². The van der Waals surface area contributed by atoms with E-state index in [0.29, 0.717) is 18.0 Å². The molecule has 1 aromatic carbocycles. The lowest BCUT2D eigenvalue weighted by atomic mass is 9.99. The van der Waals surface area contributed by atoms with Crippen molar-refractivity contribution in [1.29, 1.82) is 0 Å². The van der Waals surface area contributed by atoms with Crippen LogP contribution in [0.4, 0.5) is 0 Å². The van der Waals surface area contributed by atoms with E-state index in [1.165, 1.54) is 0 Å². The zero-order valence-electron chi connectivity index (χ0n) is 19.1. The van der Waals surface area contributed by atoms with Gasteiger partial charge in [0, 0.05) is 35.5 Å². The summed E-state index contributed by atoms with van der Waals surface area (Å²) in [6, 6.07) is 7.62. The number of nitrogens with zero attached hydrogens (tertiary/aromatic N) is 6. The molecule has 0 saturated heterocycles. The van der Waals surface area contributed by atoms with Gasteiger partial charge in [0.1, 0.15) is 16.9 Å². The monoisotopic (exact) mass is 490 g/mol. The Hall–Kier alpha value is -3.25. The summed E-state index contributed by atoms with van der Waals surface area (Å²) in [4.78, 5) is 6.03. The Kier molecular flexibility index (Phi) is 6.09. The minimum absolute atomic E-state index is 0.140. The number of rotatable bonds is 4. The van der Waals surface area contributed by atoms with Gasteiger partial charge in [-0.3, -0.25) is 14.2 Å². The van der Waals surface area contributed by atoms with E-state index in [1.807, 2.05) is 44.3 Å². The fourth-order valence-electron chi connectivity index (χ4n) is 4.01. The van der Waals surface area contributed by atoms with Crippen molar-refractivity contribution in [3.05, 3.63) is 80.5 Å². The van der Waals surface area contributed by atoms with Gasteiger partial charge in [0.05, 0.1) is 22.3 Å². The third kappa shape index (κ3) is 4.07. The Morgan fingerprint density at radius 3 is 2.71 bits per heavy atom. The van der Waals surface area contributed by atoms with Gasteiger partial charge in [-0.25, -0.2) is 0 Å². The van der Waals surface area contributed by atoms with Gasteiger partial charge in [0.2, 0.25) is 0 Å². The van der Waals surface area contributed by atoms with Gasteiger partial charge in [0.15, 0.2) is 5.82 Å². The van der Waals surface area contributed by atoms with Crippen molar-refractivity contribution in [2.45, 2.75) is 39.8 Å². The number of thiophene rings is 1. The molecule has 34 heavy (non-hydrogen) atoms. The van der Waals surface area contributed by atoms with Crippen LogP contribution in [-0.2, 0) is 6.54 Å². The first kappa shape index (κ1) is 22.5. The SMILES string of the molecule is Cc1c(C#Cc2cnn(CCCO)c2)sc2c1C(c1ccc(Cl)cc1)=N[C@@H](C)c1nnc(C)n1-2. The van der Waals surface area contributed by atoms with Gasteiger partial charge in [-0.2, -0.15) is 5.10 Å². The lowest BCUT2D eigenvalue weighted by Crippen LogP contribution is -2.07. The molecule has 0 unspecified atom stereocenters. The van der Waals surface area contributed by atoms with E-state index in [4.69, 9.17) is 21.7 Å². The maximum absolute atomic E-state index is 9.03. The van der Waals surface area contributed by atoms with Crippen molar-refractivity contribution < 1.29 is 5.11 Å². The molecule has 1 N–H and O–H groups in total. The summed E-state index contributed by atoms with van der Waals surface area (Å²) in [5.41, 5.74) is 4.86. The molecular weight excluding hydrogens is 468 g/mol. The second-order valence-corrected chi connectivity index (χ2v) is 9.59.